The zero-order valence-corrected chi connectivity index (χ0v) is 10.2. The SMILES string of the molecule is Cc1ccnc(Sc2ccoc2C)c1C(=O)O. The average molecular weight is 249 g/mol. The monoisotopic (exact) mass is 249 g/mol. The lowest BCUT2D eigenvalue weighted by Gasteiger charge is -2.06. The van der Waals surface area contributed by atoms with E-state index >= 15 is 0 Å². The van der Waals surface area contributed by atoms with Crippen LogP contribution in [0, 0.1) is 13.8 Å². The van der Waals surface area contributed by atoms with E-state index in [9.17, 15) is 4.79 Å². The minimum Gasteiger partial charge on any atom is -0.478 e. The van der Waals surface area contributed by atoms with Gasteiger partial charge in [-0.3, -0.25) is 0 Å². The van der Waals surface area contributed by atoms with Gasteiger partial charge in [0.15, 0.2) is 0 Å². The molecule has 0 saturated heterocycles. The number of pyridine rings is 1. The van der Waals surface area contributed by atoms with Gasteiger partial charge in [0.2, 0.25) is 0 Å². The number of aromatic nitrogens is 1. The first-order valence-corrected chi connectivity index (χ1v) is 5.82. The van der Waals surface area contributed by atoms with E-state index in [-0.39, 0.29) is 5.56 Å². The van der Waals surface area contributed by atoms with Crippen LogP contribution < -0.4 is 0 Å². The fourth-order valence-corrected chi connectivity index (χ4v) is 2.44. The van der Waals surface area contributed by atoms with Gasteiger partial charge in [0.25, 0.3) is 0 Å². The molecule has 1 N–H and O–H groups in total. The number of aromatic carboxylic acids is 1. The lowest BCUT2D eigenvalue weighted by atomic mass is 10.2. The van der Waals surface area contributed by atoms with Crippen LogP contribution in [-0.4, -0.2) is 16.1 Å². The molecule has 0 atom stereocenters. The number of carboxylic acids is 1. The molecule has 0 aromatic carbocycles. The van der Waals surface area contributed by atoms with Crippen molar-refractivity contribution in [3.8, 4) is 0 Å². The van der Waals surface area contributed by atoms with Gasteiger partial charge in [0.1, 0.15) is 10.8 Å². The molecular formula is C12H11NO3S. The van der Waals surface area contributed by atoms with Crippen molar-refractivity contribution in [2.75, 3.05) is 0 Å². The van der Waals surface area contributed by atoms with Crippen LogP contribution in [0.15, 0.2) is 38.9 Å². The highest BCUT2D eigenvalue weighted by molar-refractivity contribution is 7.99. The lowest BCUT2D eigenvalue weighted by Crippen LogP contribution is -2.03. The van der Waals surface area contributed by atoms with Crippen molar-refractivity contribution < 1.29 is 14.3 Å². The average Bonchev–Trinajstić information content (AvgIpc) is 2.64. The standard InChI is InChI=1S/C12H11NO3S/c1-7-3-5-13-11(10(7)12(14)15)17-9-4-6-16-8(9)2/h3-6H,1-2H3,(H,14,15). The van der Waals surface area contributed by atoms with Gasteiger partial charge in [-0.05, 0) is 31.5 Å². The number of hydrogen-bond donors (Lipinski definition) is 1. The maximum atomic E-state index is 11.2. The number of furan rings is 1. The van der Waals surface area contributed by atoms with Crippen LogP contribution >= 0.6 is 11.8 Å². The van der Waals surface area contributed by atoms with Crippen molar-refractivity contribution in [1.29, 1.82) is 0 Å². The van der Waals surface area contributed by atoms with E-state index in [1.807, 2.05) is 6.92 Å². The van der Waals surface area contributed by atoms with Crippen molar-refractivity contribution >= 4 is 17.7 Å². The van der Waals surface area contributed by atoms with Crippen LogP contribution in [0.3, 0.4) is 0 Å². The molecule has 88 valence electrons. The van der Waals surface area contributed by atoms with E-state index < -0.39 is 5.97 Å². The Balaban J connectivity index is 2.43. The normalized spacial score (nSPS) is 10.5. The summed E-state index contributed by atoms with van der Waals surface area (Å²) in [7, 11) is 0. The van der Waals surface area contributed by atoms with Crippen molar-refractivity contribution in [3.63, 3.8) is 0 Å². The summed E-state index contributed by atoms with van der Waals surface area (Å²) in [6.45, 7) is 3.59. The third-order valence-electron chi connectivity index (χ3n) is 2.36. The van der Waals surface area contributed by atoms with Gasteiger partial charge in [-0.15, -0.1) is 0 Å². The first-order valence-electron chi connectivity index (χ1n) is 5.00. The van der Waals surface area contributed by atoms with Crippen LogP contribution in [-0.2, 0) is 0 Å². The van der Waals surface area contributed by atoms with Gasteiger partial charge in [0, 0.05) is 6.20 Å². The van der Waals surface area contributed by atoms with Crippen LogP contribution in [0.1, 0.15) is 21.7 Å². The molecule has 0 fully saturated rings. The van der Waals surface area contributed by atoms with Crippen LogP contribution in [0.5, 0.6) is 0 Å². The smallest absolute Gasteiger partial charge is 0.338 e. The minimum absolute atomic E-state index is 0.248. The number of rotatable bonds is 3. The third kappa shape index (κ3) is 2.34. The Hall–Kier alpha value is -1.75. The molecular weight excluding hydrogens is 238 g/mol. The molecule has 0 radical (unpaired) electrons. The predicted molar refractivity (Wildman–Crippen MR) is 63.5 cm³/mol. The third-order valence-corrected chi connectivity index (χ3v) is 3.50. The summed E-state index contributed by atoms with van der Waals surface area (Å²) in [6.07, 6.45) is 3.19. The molecule has 0 aliphatic carbocycles. The van der Waals surface area contributed by atoms with Gasteiger partial charge in [-0.2, -0.15) is 0 Å². The van der Waals surface area contributed by atoms with E-state index in [1.165, 1.54) is 11.8 Å². The van der Waals surface area contributed by atoms with Crippen molar-refractivity contribution in [2.45, 2.75) is 23.8 Å². The second-order valence-corrected chi connectivity index (χ2v) is 4.59. The summed E-state index contributed by atoms with van der Waals surface area (Å²) in [5.74, 6) is -0.200. The largest absolute Gasteiger partial charge is 0.478 e. The fourth-order valence-electron chi connectivity index (χ4n) is 1.45. The quantitative estimate of drug-likeness (QED) is 0.905. The van der Waals surface area contributed by atoms with E-state index in [2.05, 4.69) is 4.98 Å². The fraction of sp³-hybridized carbons (Fsp3) is 0.167. The van der Waals surface area contributed by atoms with Crippen molar-refractivity contribution in [1.82, 2.24) is 4.98 Å². The van der Waals surface area contributed by atoms with E-state index in [0.29, 0.717) is 10.6 Å². The summed E-state index contributed by atoms with van der Waals surface area (Å²) in [4.78, 5) is 16.2. The molecule has 0 unspecified atom stereocenters. The van der Waals surface area contributed by atoms with Crippen LogP contribution in [0.25, 0.3) is 0 Å². The molecule has 2 rings (SSSR count). The molecule has 5 heteroatoms. The Morgan fingerprint density at radius 2 is 2.18 bits per heavy atom. The first-order chi connectivity index (χ1) is 8.09. The summed E-state index contributed by atoms with van der Waals surface area (Å²) < 4.78 is 5.17. The summed E-state index contributed by atoms with van der Waals surface area (Å²) in [5.41, 5.74) is 0.953. The number of nitrogens with zero attached hydrogens (tertiary/aromatic N) is 1. The first kappa shape index (κ1) is 11.7. The highest BCUT2D eigenvalue weighted by Crippen LogP contribution is 2.32. The molecule has 0 bridgehead atoms. The second-order valence-electron chi connectivity index (χ2n) is 3.56. The number of carboxylic acid groups (broad SMARTS) is 1. The number of carbonyl (C=O) groups is 1. The zero-order chi connectivity index (χ0) is 12.4. The molecule has 2 aromatic rings. The molecule has 2 heterocycles. The lowest BCUT2D eigenvalue weighted by molar-refractivity contribution is 0.0691. The molecule has 0 aliphatic heterocycles. The number of aryl methyl sites for hydroxylation is 2. The van der Waals surface area contributed by atoms with Gasteiger partial charge < -0.3 is 9.52 Å². The number of hydrogen-bond acceptors (Lipinski definition) is 4. The Morgan fingerprint density at radius 3 is 2.76 bits per heavy atom. The molecule has 17 heavy (non-hydrogen) atoms. The zero-order valence-electron chi connectivity index (χ0n) is 9.43. The highest BCUT2D eigenvalue weighted by atomic mass is 32.2. The maximum absolute atomic E-state index is 11.2. The Morgan fingerprint density at radius 1 is 1.41 bits per heavy atom. The van der Waals surface area contributed by atoms with Gasteiger partial charge in [-0.1, -0.05) is 11.8 Å². The molecule has 0 saturated carbocycles. The van der Waals surface area contributed by atoms with Gasteiger partial charge in [0.05, 0.1) is 16.7 Å². The molecule has 4 nitrogen and oxygen atoms in total. The summed E-state index contributed by atoms with van der Waals surface area (Å²) >= 11 is 1.30. The summed E-state index contributed by atoms with van der Waals surface area (Å²) in [6, 6.07) is 3.49. The maximum Gasteiger partial charge on any atom is 0.338 e. The molecule has 0 amide bonds. The Labute approximate surface area is 103 Å². The van der Waals surface area contributed by atoms with Crippen molar-refractivity contribution in [2.24, 2.45) is 0 Å². The van der Waals surface area contributed by atoms with Crippen LogP contribution in [0.4, 0.5) is 0 Å². The van der Waals surface area contributed by atoms with Crippen LogP contribution in [0.2, 0.25) is 0 Å². The molecule has 0 spiro atoms. The predicted octanol–water partition coefficient (Wildman–Crippen LogP) is 3.14. The topological polar surface area (TPSA) is 63.3 Å². The molecule has 2 aromatic heterocycles. The minimum atomic E-state index is -0.959. The second kappa shape index (κ2) is 4.63. The summed E-state index contributed by atoms with van der Waals surface area (Å²) in [5, 5.41) is 9.66. The van der Waals surface area contributed by atoms with E-state index in [1.54, 1.807) is 31.5 Å². The van der Waals surface area contributed by atoms with E-state index in [4.69, 9.17) is 9.52 Å². The highest BCUT2D eigenvalue weighted by Gasteiger charge is 2.16. The Kier molecular flexibility index (Phi) is 3.19. The van der Waals surface area contributed by atoms with E-state index in [0.717, 1.165) is 10.7 Å². The van der Waals surface area contributed by atoms with Gasteiger partial charge in [-0.25, -0.2) is 9.78 Å². The van der Waals surface area contributed by atoms with Crippen molar-refractivity contribution in [3.05, 3.63) is 41.5 Å². The van der Waals surface area contributed by atoms with Gasteiger partial charge >= 0.3 is 5.97 Å². The Bertz CT molecular complexity index is 563. The molecule has 0 aliphatic rings.